The highest BCUT2D eigenvalue weighted by atomic mass is 19.1. The molecule has 1 amide bonds. The second kappa shape index (κ2) is 5.91. The number of aryl methyl sites for hydroxylation is 2. The molecule has 21 heavy (non-hydrogen) atoms. The zero-order valence-corrected chi connectivity index (χ0v) is 11.8. The lowest BCUT2D eigenvalue weighted by atomic mass is 10.1. The molecule has 0 bridgehead atoms. The molecular weight excluding hydrogens is 274 g/mol. The molecule has 0 unspecified atom stereocenters. The summed E-state index contributed by atoms with van der Waals surface area (Å²) in [4.78, 5) is 11.9. The predicted molar refractivity (Wildman–Crippen MR) is 79.0 cm³/mol. The summed E-state index contributed by atoms with van der Waals surface area (Å²) in [5.74, 6) is -1.82. The van der Waals surface area contributed by atoms with E-state index in [-0.39, 0.29) is 12.0 Å². The van der Waals surface area contributed by atoms with Gasteiger partial charge in [0.25, 0.3) is 0 Å². The van der Waals surface area contributed by atoms with E-state index in [1.165, 1.54) is 6.07 Å². The Labute approximate surface area is 121 Å². The summed E-state index contributed by atoms with van der Waals surface area (Å²) in [5.41, 5.74) is 8.94. The molecule has 3 N–H and O–H groups in total. The molecule has 0 radical (unpaired) electrons. The first-order chi connectivity index (χ1) is 9.86. The number of carbonyl (C=O) groups excluding carboxylic acids is 1. The van der Waals surface area contributed by atoms with Crippen molar-refractivity contribution >= 4 is 17.3 Å². The van der Waals surface area contributed by atoms with Crippen molar-refractivity contribution in [3.63, 3.8) is 0 Å². The van der Waals surface area contributed by atoms with Gasteiger partial charge in [-0.3, -0.25) is 4.79 Å². The molecule has 0 fully saturated rings. The molecular formula is C16H16F2N2O. The number of anilines is 2. The zero-order chi connectivity index (χ0) is 15.6. The molecule has 0 aromatic heterocycles. The molecule has 0 saturated heterocycles. The van der Waals surface area contributed by atoms with Crippen LogP contribution in [0, 0.1) is 25.5 Å². The Kier molecular flexibility index (Phi) is 4.21. The summed E-state index contributed by atoms with van der Waals surface area (Å²) in [6.45, 7) is 3.83. The average Bonchev–Trinajstić information content (AvgIpc) is 2.39. The van der Waals surface area contributed by atoms with Crippen LogP contribution in [0.25, 0.3) is 0 Å². The largest absolute Gasteiger partial charge is 0.397 e. The van der Waals surface area contributed by atoms with E-state index >= 15 is 0 Å². The van der Waals surface area contributed by atoms with Crippen molar-refractivity contribution in [3.05, 3.63) is 58.7 Å². The number of nitrogen functional groups attached to an aromatic ring is 1. The minimum atomic E-state index is -0.738. The van der Waals surface area contributed by atoms with Crippen LogP contribution in [0.2, 0.25) is 0 Å². The number of halogens is 2. The molecule has 0 heterocycles. The molecule has 2 aromatic rings. The number of benzene rings is 2. The maximum atomic E-state index is 13.5. The van der Waals surface area contributed by atoms with Crippen molar-refractivity contribution in [3.8, 4) is 0 Å². The first-order valence-corrected chi connectivity index (χ1v) is 6.47. The highest BCUT2D eigenvalue weighted by Gasteiger charge is 2.11. The first-order valence-electron chi connectivity index (χ1n) is 6.47. The van der Waals surface area contributed by atoms with E-state index in [1.807, 2.05) is 13.8 Å². The Bertz CT molecular complexity index is 699. The van der Waals surface area contributed by atoms with Gasteiger partial charge in [-0.1, -0.05) is 6.07 Å². The summed E-state index contributed by atoms with van der Waals surface area (Å²) in [6, 6.07) is 6.67. The summed E-state index contributed by atoms with van der Waals surface area (Å²) in [7, 11) is 0. The maximum Gasteiger partial charge on any atom is 0.228 e. The number of hydrogen-bond acceptors (Lipinski definition) is 2. The van der Waals surface area contributed by atoms with Gasteiger partial charge in [0.1, 0.15) is 11.6 Å². The van der Waals surface area contributed by atoms with E-state index in [4.69, 9.17) is 5.73 Å². The van der Waals surface area contributed by atoms with Gasteiger partial charge in [0.05, 0.1) is 17.8 Å². The second-order valence-corrected chi connectivity index (χ2v) is 4.98. The molecule has 2 rings (SSSR count). The molecule has 0 atom stereocenters. The fourth-order valence-corrected chi connectivity index (χ4v) is 1.98. The van der Waals surface area contributed by atoms with Gasteiger partial charge >= 0.3 is 0 Å². The van der Waals surface area contributed by atoms with Crippen LogP contribution in [-0.4, -0.2) is 5.91 Å². The fourth-order valence-electron chi connectivity index (χ4n) is 1.98. The minimum Gasteiger partial charge on any atom is -0.397 e. The lowest BCUT2D eigenvalue weighted by molar-refractivity contribution is -0.115. The van der Waals surface area contributed by atoms with E-state index in [2.05, 4.69) is 5.32 Å². The fraction of sp³-hybridized carbons (Fsp3) is 0.188. The van der Waals surface area contributed by atoms with Crippen molar-refractivity contribution in [2.24, 2.45) is 0 Å². The van der Waals surface area contributed by atoms with E-state index in [9.17, 15) is 13.6 Å². The number of nitrogens with two attached hydrogens (primary N) is 1. The second-order valence-electron chi connectivity index (χ2n) is 4.98. The SMILES string of the molecule is Cc1cc(N)c(NC(=O)Cc2ccc(F)cc2F)cc1C. The monoisotopic (exact) mass is 290 g/mol. The Balaban J connectivity index is 2.13. The van der Waals surface area contributed by atoms with Crippen LogP contribution in [0.15, 0.2) is 30.3 Å². The molecule has 110 valence electrons. The van der Waals surface area contributed by atoms with Gasteiger partial charge in [0, 0.05) is 6.07 Å². The Morgan fingerprint density at radius 3 is 2.48 bits per heavy atom. The van der Waals surface area contributed by atoms with Gasteiger partial charge in [-0.15, -0.1) is 0 Å². The molecule has 0 saturated carbocycles. The van der Waals surface area contributed by atoms with Crippen LogP contribution >= 0.6 is 0 Å². The van der Waals surface area contributed by atoms with Crippen LogP contribution in [-0.2, 0) is 11.2 Å². The van der Waals surface area contributed by atoms with Crippen LogP contribution < -0.4 is 11.1 Å². The maximum absolute atomic E-state index is 13.5. The third-order valence-corrected chi connectivity index (χ3v) is 3.31. The van der Waals surface area contributed by atoms with Crippen LogP contribution in [0.1, 0.15) is 16.7 Å². The molecule has 0 spiro atoms. The van der Waals surface area contributed by atoms with Crippen LogP contribution in [0.4, 0.5) is 20.2 Å². The summed E-state index contributed by atoms with van der Waals surface area (Å²) in [6.07, 6.45) is -0.182. The van der Waals surface area contributed by atoms with Crippen molar-refractivity contribution in [2.45, 2.75) is 20.3 Å². The van der Waals surface area contributed by atoms with Gasteiger partial charge in [-0.25, -0.2) is 8.78 Å². The topological polar surface area (TPSA) is 55.1 Å². The molecule has 0 aliphatic carbocycles. The predicted octanol–water partition coefficient (Wildman–Crippen LogP) is 3.35. The standard InChI is InChI=1S/C16H16F2N2O/c1-9-5-14(19)15(6-10(9)2)20-16(21)7-11-3-4-12(17)8-13(11)18/h3-6,8H,7,19H2,1-2H3,(H,20,21). The Hall–Kier alpha value is -2.43. The first kappa shape index (κ1) is 15.0. The summed E-state index contributed by atoms with van der Waals surface area (Å²) >= 11 is 0. The number of carbonyl (C=O) groups is 1. The number of rotatable bonds is 3. The van der Waals surface area contributed by atoms with Gasteiger partial charge in [-0.2, -0.15) is 0 Å². The third kappa shape index (κ3) is 3.56. The van der Waals surface area contributed by atoms with Gasteiger partial charge < -0.3 is 11.1 Å². The van der Waals surface area contributed by atoms with Gasteiger partial charge in [-0.05, 0) is 48.7 Å². The van der Waals surface area contributed by atoms with E-state index < -0.39 is 17.5 Å². The number of nitrogens with one attached hydrogen (secondary N) is 1. The third-order valence-electron chi connectivity index (χ3n) is 3.31. The van der Waals surface area contributed by atoms with Gasteiger partial charge in [0.2, 0.25) is 5.91 Å². The smallest absolute Gasteiger partial charge is 0.228 e. The summed E-state index contributed by atoms with van der Waals surface area (Å²) in [5, 5.41) is 2.64. The summed E-state index contributed by atoms with van der Waals surface area (Å²) < 4.78 is 26.3. The van der Waals surface area contributed by atoms with Gasteiger partial charge in [0.15, 0.2) is 0 Å². The lowest BCUT2D eigenvalue weighted by Gasteiger charge is -2.11. The van der Waals surface area contributed by atoms with E-state index in [0.29, 0.717) is 11.4 Å². The average molecular weight is 290 g/mol. The molecule has 3 nitrogen and oxygen atoms in total. The van der Waals surface area contributed by atoms with Crippen molar-refractivity contribution in [1.29, 1.82) is 0 Å². The van der Waals surface area contributed by atoms with Crippen molar-refractivity contribution < 1.29 is 13.6 Å². The van der Waals surface area contributed by atoms with Crippen molar-refractivity contribution in [1.82, 2.24) is 0 Å². The molecule has 0 aliphatic heterocycles. The Morgan fingerprint density at radius 2 is 1.81 bits per heavy atom. The molecule has 0 aliphatic rings. The Morgan fingerprint density at radius 1 is 1.14 bits per heavy atom. The zero-order valence-electron chi connectivity index (χ0n) is 11.8. The highest BCUT2D eigenvalue weighted by molar-refractivity contribution is 5.95. The number of hydrogen-bond donors (Lipinski definition) is 2. The van der Waals surface area contributed by atoms with Crippen molar-refractivity contribution in [2.75, 3.05) is 11.1 Å². The van der Waals surface area contributed by atoms with E-state index in [0.717, 1.165) is 23.3 Å². The highest BCUT2D eigenvalue weighted by Crippen LogP contribution is 2.23. The quantitative estimate of drug-likeness (QED) is 0.852. The molecule has 5 heteroatoms. The normalized spacial score (nSPS) is 10.5. The number of amides is 1. The van der Waals surface area contributed by atoms with Crippen LogP contribution in [0.3, 0.4) is 0 Å². The van der Waals surface area contributed by atoms with E-state index in [1.54, 1.807) is 12.1 Å². The minimum absolute atomic E-state index is 0.135. The van der Waals surface area contributed by atoms with Crippen LogP contribution in [0.5, 0.6) is 0 Å². The molecule has 2 aromatic carbocycles. The lowest BCUT2D eigenvalue weighted by Crippen LogP contribution is -2.16.